The van der Waals surface area contributed by atoms with Gasteiger partial charge in [-0.2, -0.15) is 14.9 Å². The van der Waals surface area contributed by atoms with Crippen LogP contribution in [0.5, 0.6) is 0 Å². The Morgan fingerprint density at radius 3 is 2.56 bits per heavy atom. The minimum absolute atomic E-state index is 0.285. The van der Waals surface area contributed by atoms with E-state index >= 15 is 0 Å². The van der Waals surface area contributed by atoms with E-state index in [0.717, 1.165) is 18.8 Å². The van der Waals surface area contributed by atoms with E-state index < -0.39 is 5.56 Å². The molecule has 0 radical (unpaired) electrons. The van der Waals surface area contributed by atoms with E-state index in [1.54, 1.807) is 29.1 Å². The number of nitrogens with one attached hydrogen (secondary N) is 1. The third kappa shape index (κ3) is 4.09. The number of rotatable bonds is 4. The van der Waals surface area contributed by atoms with Crippen LogP contribution in [0.15, 0.2) is 59.8 Å². The van der Waals surface area contributed by atoms with E-state index in [4.69, 9.17) is 28.2 Å². The Morgan fingerprint density at radius 2 is 1.85 bits per heavy atom. The highest BCUT2D eigenvalue weighted by molar-refractivity contribution is 6.37. The number of aryl methyl sites for hydroxylation is 1. The summed E-state index contributed by atoms with van der Waals surface area (Å²) in [7, 11) is 3.99. The highest BCUT2D eigenvalue weighted by Crippen LogP contribution is 2.52. The molecule has 1 saturated carbocycles. The van der Waals surface area contributed by atoms with Crippen molar-refractivity contribution >= 4 is 45.7 Å². The number of nitrogens with zero attached hydrogens (tertiary/aromatic N) is 7. The lowest BCUT2D eigenvalue weighted by molar-refractivity contribution is 0.271. The molecule has 0 amide bonds. The SMILES string of the molecule is CN1Cc2cc(Nc3ncc4c(=O)n(-c5c(Cl)cccc5Cl)nc(-c5cnn(C)c5)c4n3)ccc2C2(CC2)C1. The van der Waals surface area contributed by atoms with E-state index in [1.807, 2.05) is 13.2 Å². The first-order chi connectivity index (χ1) is 18.8. The molecular formula is C28H24Cl2N8O. The van der Waals surface area contributed by atoms with Gasteiger partial charge in [-0.05, 0) is 55.3 Å². The van der Waals surface area contributed by atoms with Crippen LogP contribution in [0.3, 0.4) is 0 Å². The van der Waals surface area contributed by atoms with Crippen LogP contribution in [0, 0.1) is 0 Å². The molecule has 0 atom stereocenters. The van der Waals surface area contributed by atoms with Crippen LogP contribution in [0.25, 0.3) is 27.8 Å². The lowest BCUT2D eigenvalue weighted by atomic mass is 9.87. The molecule has 0 unspecified atom stereocenters. The Bertz CT molecular complexity index is 1820. The van der Waals surface area contributed by atoms with Crippen molar-refractivity contribution in [3.63, 3.8) is 0 Å². The summed E-state index contributed by atoms with van der Waals surface area (Å²) in [5, 5.41) is 13.2. The van der Waals surface area contributed by atoms with E-state index in [0.29, 0.717) is 43.9 Å². The number of hydrogen-bond acceptors (Lipinski definition) is 7. The summed E-state index contributed by atoms with van der Waals surface area (Å²) in [6, 6.07) is 11.5. The fourth-order valence-electron chi connectivity index (χ4n) is 5.64. The molecule has 2 aromatic carbocycles. The number of likely N-dealkylation sites (N-methyl/N-ethyl adjacent to an activating group) is 1. The third-order valence-corrected chi connectivity index (χ3v) is 8.17. The van der Waals surface area contributed by atoms with Crippen molar-refractivity contribution < 1.29 is 0 Å². The second kappa shape index (κ2) is 8.87. The van der Waals surface area contributed by atoms with Crippen molar-refractivity contribution in [1.29, 1.82) is 0 Å². The Balaban J connectivity index is 1.35. The zero-order chi connectivity index (χ0) is 26.9. The van der Waals surface area contributed by atoms with Crippen LogP contribution < -0.4 is 10.9 Å². The summed E-state index contributed by atoms with van der Waals surface area (Å²) in [5.74, 6) is 0.368. The number of anilines is 2. The van der Waals surface area contributed by atoms with Gasteiger partial charge in [0.15, 0.2) is 0 Å². The van der Waals surface area contributed by atoms with Gasteiger partial charge < -0.3 is 10.2 Å². The van der Waals surface area contributed by atoms with Gasteiger partial charge in [0.05, 0.1) is 21.6 Å². The van der Waals surface area contributed by atoms with Gasteiger partial charge >= 0.3 is 0 Å². The second-order valence-corrected chi connectivity index (χ2v) is 11.3. The zero-order valence-corrected chi connectivity index (χ0v) is 22.8. The molecule has 11 heteroatoms. The first kappa shape index (κ1) is 24.3. The maximum absolute atomic E-state index is 13.6. The lowest BCUT2D eigenvalue weighted by Crippen LogP contribution is -2.35. The highest BCUT2D eigenvalue weighted by Gasteiger charge is 2.48. The maximum atomic E-state index is 13.6. The number of benzene rings is 2. The van der Waals surface area contributed by atoms with E-state index in [1.165, 1.54) is 34.8 Å². The molecule has 5 aromatic rings. The van der Waals surface area contributed by atoms with Crippen LogP contribution in [0.4, 0.5) is 11.6 Å². The van der Waals surface area contributed by atoms with Gasteiger partial charge in [0.25, 0.3) is 5.56 Å². The molecule has 9 nitrogen and oxygen atoms in total. The maximum Gasteiger partial charge on any atom is 0.282 e. The molecule has 1 spiro atoms. The van der Waals surface area contributed by atoms with Gasteiger partial charge in [0.1, 0.15) is 16.9 Å². The Hall–Kier alpha value is -3.79. The number of halogens is 2. The van der Waals surface area contributed by atoms with Gasteiger partial charge in [-0.3, -0.25) is 9.48 Å². The van der Waals surface area contributed by atoms with Crippen LogP contribution >= 0.6 is 23.2 Å². The molecule has 1 aliphatic carbocycles. The van der Waals surface area contributed by atoms with Gasteiger partial charge in [0.2, 0.25) is 5.95 Å². The monoisotopic (exact) mass is 558 g/mol. The van der Waals surface area contributed by atoms with Crippen molar-refractivity contribution in [2.75, 3.05) is 18.9 Å². The number of para-hydroxylation sites is 1. The topological polar surface area (TPSA) is 93.8 Å². The lowest BCUT2D eigenvalue weighted by Gasteiger charge is -2.32. The van der Waals surface area contributed by atoms with Crippen molar-refractivity contribution in [1.82, 2.24) is 34.4 Å². The first-order valence-corrected chi connectivity index (χ1v) is 13.4. The molecule has 4 heterocycles. The second-order valence-electron chi connectivity index (χ2n) is 10.4. The predicted molar refractivity (Wildman–Crippen MR) is 152 cm³/mol. The average molecular weight is 559 g/mol. The molecule has 196 valence electrons. The molecule has 3 aromatic heterocycles. The predicted octanol–water partition coefficient (Wildman–Crippen LogP) is 5.10. The van der Waals surface area contributed by atoms with E-state index in [-0.39, 0.29) is 5.39 Å². The van der Waals surface area contributed by atoms with E-state index in [2.05, 4.69) is 50.6 Å². The Kier molecular flexibility index (Phi) is 5.52. The largest absolute Gasteiger partial charge is 0.324 e. The van der Waals surface area contributed by atoms with Crippen LogP contribution in [0.1, 0.15) is 24.0 Å². The summed E-state index contributed by atoms with van der Waals surface area (Å²) in [6.07, 6.45) is 7.49. The van der Waals surface area contributed by atoms with Gasteiger partial charge in [-0.1, -0.05) is 35.3 Å². The molecule has 0 bridgehead atoms. The van der Waals surface area contributed by atoms with Gasteiger partial charge in [-0.25, -0.2) is 9.97 Å². The third-order valence-electron chi connectivity index (χ3n) is 7.56. The molecular weight excluding hydrogens is 535 g/mol. The van der Waals surface area contributed by atoms with Crippen LogP contribution in [0.2, 0.25) is 10.0 Å². The molecule has 1 N–H and O–H groups in total. The molecule has 1 fully saturated rings. The smallest absolute Gasteiger partial charge is 0.282 e. The minimum atomic E-state index is -0.425. The highest BCUT2D eigenvalue weighted by atomic mass is 35.5. The standard InChI is InChI=1S/C28H24Cl2N8O/c1-36-13-16-10-18(6-7-20(16)28(15-36)8-9-28)33-27-31-12-19-24(34-27)23(17-11-32-37(2)14-17)35-38(26(19)39)25-21(29)4-3-5-22(25)30/h3-7,10-12,14H,8-9,13,15H2,1-2H3,(H,31,33,34). The number of hydrogen-bond donors (Lipinski definition) is 1. The average Bonchev–Trinajstić information content (AvgIpc) is 3.52. The number of aromatic nitrogens is 6. The van der Waals surface area contributed by atoms with Crippen LogP contribution in [-0.4, -0.2) is 48.0 Å². The summed E-state index contributed by atoms with van der Waals surface area (Å²) in [6.45, 7) is 2.02. The fourth-order valence-corrected chi connectivity index (χ4v) is 6.20. The first-order valence-electron chi connectivity index (χ1n) is 12.6. The van der Waals surface area contributed by atoms with E-state index in [9.17, 15) is 4.79 Å². The number of fused-ring (bicyclic) bond motifs is 3. The summed E-state index contributed by atoms with van der Waals surface area (Å²) in [5.41, 5.74) is 5.41. The Morgan fingerprint density at radius 1 is 1.05 bits per heavy atom. The summed E-state index contributed by atoms with van der Waals surface area (Å²) >= 11 is 12.9. The van der Waals surface area contributed by atoms with Crippen molar-refractivity contribution in [2.45, 2.75) is 24.8 Å². The van der Waals surface area contributed by atoms with Crippen molar-refractivity contribution in [2.24, 2.45) is 7.05 Å². The molecule has 1 aliphatic heterocycles. The summed E-state index contributed by atoms with van der Waals surface area (Å²) < 4.78 is 2.87. The molecule has 7 rings (SSSR count). The van der Waals surface area contributed by atoms with Crippen molar-refractivity contribution in [3.05, 3.63) is 86.5 Å². The molecule has 0 saturated heterocycles. The van der Waals surface area contributed by atoms with Gasteiger partial charge in [0, 0.05) is 49.2 Å². The van der Waals surface area contributed by atoms with Crippen molar-refractivity contribution in [3.8, 4) is 16.9 Å². The van der Waals surface area contributed by atoms with Crippen LogP contribution in [-0.2, 0) is 19.0 Å². The quantitative estimate of drug-likeness (QED) is 0.327. The van der Waals surface area contributed by atoms with Gasteiger partial charge in [-0.15, -0.1) is 0 Å². The Labute approximate surface area is 234 Å². The fraction of sp³-hybridized carbons (Fsp3) is 0.250. The molecule has 2 aliphatic rings. The summed E-state index contributed by atoms with van der Waals surface area (Å²) in [4.78, 5) is 25.2. The minimum Gasteiger partial charge on any atom is -0.324 e. The normalized spacial score (nSPS) is 16.0. The molecule has 39 heavy (non-hydrogen) atoms. The zero-order valence-electron chi connectivity index (χ0n) is 21.3.